The van der Waals surface area contributed by atoms with E-state index in [9.17, 15) is 0 Å². The van der Waals surface area contributed by atoms with Gasteiger partial charge in [-0.3, -0.25) is 0 Å². The molecular weight excluding hydrogens is 745 g/mol. The number of hydrogen-bond acceptors (Lipinski definition) is 4. The molecule has 0 radical (unpaired) electrons. The zero-order valence-corrected chi connectivity index (χ0v) is 33.7. The minimum absolute atomic E-state index is 0.270. The van der Waals surface area contributed by atoms with Crippen LogP contribution in [0.2, 0.25) is 0 Å². The van der Waals surface area contributed by atoms with Crippen molar-refractivity contribution < 1.29 is 4.74 Å². The highest BCUT2D eigenvalue weighted by Gasteiger charge is 2.37. The van der Waals surface area contributed by atoms with Crippen LogP contribution in [-0.4, -0.2) is 4.57 Å². The summed E-state index contributed by atoms with van der Waals surface area (Å²) in [7, 11) is 0. The first-order chi connectivity index (χ1) is 28.5. The molecule has 0 aliphatic carbocycles. The molecular formula is C53H38N2OS2. The Morgan fingerprint density at radius 1 is 0.517 bits per heavy atom. The molecule has 58 heavy (non-hydrogen) atoms. The minimum Gasteiger partial charge on any atom is -0.455 e. The Hall–Kier alpha value is -6.40. The van der Waals surface area contributed by atoms with Crippen LogP contribution < -0.4 is 9.64 Å². The maximum absolute atomic E-state index is 7.03. The lowest BCUT2D eigenvalue weighted by Crippen LogP contribution is -2.25. The third-order valence-corrected chi connectivity index (χ3v) is 14.1. The van der Waals surface area contributed by atoms with Crippen LogP contribution in [0.1, 0.15) is 25.0 Å². The fraction of sp³-hybridized carbons (Fsp3) is 0.0566. The molecule has 3 heterocycles. The van der Waals surface area contributed by atoms with Gasteiger partial charge in [-0.15, -0.1) is 0 Å². The molecule has 0 N–H and O–H groups in total. The van der Waals surface area contributed by atoms with E-state index >= 15 is 0 Å². The lowest BCUT2D eigenvalue weighted by molar-refractivity contribution is 0.419. The van der Waals surface area contributed by atoms with E-state index in [1.165, 1.54) is 47.2 Å². The predicted octanol–water partition coefficient (Wildman–Crippen LogP) is 15.5. The highest BCUT2D eigenvalue weighted by atomic mass is 32.2. The van der Waals surface area contributed by atoms with Crippen molar-refractivity contribution in [1.82, 2.24) is 4.57 Å². The molecule has 2 aliphatic heterocycles. The van der Waals surface area contributed by atoms with E-state index in [-0.39, 0.29) is 5.41 Å². The second-order valence-corrected chi connectivity index (χ2v) is 17.4. The van der Waals surface area contributed by atoms with Gasteiger partial charge in [0.15, 0.2) is 5.75 Å². The Morgan fingerprint density at radius 2 is 1.12 bits per heavy atom. The highest BCUT2D eigenvalue weighted by Crippen LogP contribution is 2.58. The summed E-state index contributed by atoms with van der Waals surface area (Å²) in [6, 6.07) is 70.0. The smallest absolute Gasteiger partial charge is 0.155 e. The summed E-state index contributed by atoms with van der Waals surface area (Å²) in [5.41, 5.74) is 12.2. The van der Waals surface area contributed by atoms with Gasteiger partial charge in [0.05, 0.1) is 27.5 Å². The number of rotatable bonds is 6. The van der Waals surface area contributed by atoms with E-state index in [0.717, 1.165) is 51.0 Å². The van der Waals surface area contributed by atoms with Crippen molar-refractivity contribution >= 4 is 51.5 Å². The number of ether oxygens (including phenoxy) is 1. The monoisotopic (exact) mass is 782 g/mol. The van der Waals surface area contributed by atoms with Crippen molar-refractivity contribution in [3.05, 3.63) is 205 Å². The van der Waals surface area contributed by atoms with Crippen LogP contribution in [0.5, 0.6) is 11.5 Å². The van der Waals surface area contributed by atoms with Crippen LogP contribution >= 0.6 is 23.5 Å². The molecule has 0 spiro atoms. The zero-order valence-electron chi connectivity index (χ0n) is 32.1. The molecule has 0 unspecified atom stereocenters. The minimum atomic E-state index is -0.270. The van der Waals surface area contributed by atoms with Crippen molar-refractivity contribution in [2.24, 2.45) is 0 Å². The Bertz CT molecular complexity index is 3010. The van der Waals surface area contributed by atoms with Crippen LogP contribution in [0.3, 0.4) is 0 Å². The third-order valence-electron chi connectivity index (χ3n) is 11.5. The molecule has 0 fully saturated rings. The van der Waals surface area contributed by atoms with Crippen molar-refractivity contribution in [2.75, 3.05) is 4.90 Å². The summed E-state index contributed by atoms with van der Waals surface area (Å²) in [5, 5.41) is 1.17. The number of fused-ring (bicyclic) bond motifs is 5. The Morgan fingerprint density at radius 3 is 1.90 bits per heavy atom. The van der Waals surface area contributed by atoms with Gasteiger partial charge in [-0.25, -0.2) is 0 Å². The van der Waals surface area contributed by atoms with Gasteiger partial charge < -0.3 is 14.2 Å². The van der Waals surface area contributed by atoms with Crippen molar-refractivity contribution in [1.29, 1.82) is 0 Å². The molecule has 5 heteroatoms. The summed E-state index contributed by atoms with van der Waals surface area (Å²) in [4.78, 5) is 7.47. The molecule has 9 aromatic rings. The fourth-order valence-corrected chi connectivity index (χ4v) is 11.1. The largest absolute Gasteiger partial charge is 0.455 e. The fourth-order valence-electron chi connectivity index (χ4n) is 8.78. The van der Waals surface area contributed by atoms with Crippen LogP contribution in [0.15, 0.2) is 214 Å². The third kappa shape index (κ3) is 5.60. The topological polar surface area (TPSA) is 17.4 Å². The van der Waals surface area contributed by atoms with E-state index in [0.29, 0.717) is 0 Å². The number of hydrogen-bond donors (Lipinski definition) is 0. The molecule has 11 rings (SSSR count). The quantitative estimate of drug-likeness (QED) is 0.167. The predicted molar refractivity (Wildman–Crippen MR) is 242 cm³/mol. The highest BCUT2D eigenvalue weighted by molar-refractivity contribution is 8.05. The summed E-state index contributed by atoms with van der Waals surface area (Å²) in [6.45, 7) is 4.62. The number of anilines is 3. The van der Waals surface area contributed by atoms with Gasteiger partial charge in [-0.2, -0.15) is 0 Å². The van der Waals surface area contributed by atoms with Gasteiger partial charge in [0.1, 0.15) is 5.75 Å². The first-order valence-electron chi connectivity index (χ1n) is 19.7. The Kier molecular flexibility index (Phi) is 8.35. The first kappa shape index (κ1) is 34.8. The zero-order chi connectivity index (χ0) is 38.8. The Balaban J connectivity index is 1.22. The lowest BCUT2D eigenvalue weighted by atomic mass is 9.75. The molecule has 0 atom stereocenters. The van der Waals surface area contributed by atoms with Crippen LogP contribution in [0, 0.1) is 0 Å². The molecule has 2 aliphatic rings. The maximum atomic E-state index is 7.03. The van der Waals surface area contributed by atoms with Crippen molar-refractivity contribution in [3.63, 3.8) is 0 Å². The molecule has 0 saturated heterocycles. The van der Waals surface area contributed by atoms with E-state index in [1.807, 2.05) is 23.5 Å². The average Bonchev–Trinajstić information content (AvgIpc) is 3.62. The number of benzene rings is 8. The number of para-hydroxylation sites is 3. The average molecular weight is 783 g/mol. The molecule has 278 valence electrons. The van der Waals surface area contributed by atoms with E-state index in [1.54, 1.807) is 0 Å². The number of nitrogens with zero attached hydrogens (tertiary/aromatic N) is 2. The normalized spacial score (nSPS) is 13.5. The van der Waals surface area contributed by atoms with Crippen LogP contribution in [0.4, 0.5) is 17.1 Å². The second-order valence-electron chi connectivity index (χ2n) is 15.3. The molecule has 3 nitrogen and oxygen atoms in total. The Labute approximate surface area is 347 Å². The lowest BCUT2D eigenvalue weighted by Gasteiger charge is -2.38. The van der Waals surface area contributed by atoms with Crippen LogP contribution in [0.25, 0.3) is 39.0 Å². The number of aromatic nitrogens is 1. The molecule has 8 aromatic carbocycles. The molecule has 0 saturated carbocycles. The molecule has 1 aromatic heterocycles. The molecule has 0 bridgehead atoms. The van der Waals surface area contributed by atoms with Crippen molar-refractivity contribution in [3.8, 4) is 39.6 Å². The SMILES string of the molecule is CC1(C)c2ccccc2Oc2c(N(c3ccc4c(c3)c(-c3ccccc3)c(-c3ccccc3)n4-c3ccccc3)c3cccc4c3Sc3ccccc3S4)cccc21. The summed E-state index contributed by atoms with van der Waals surface area (Å²) in [5.74, 6) is 1.78. The van der Waals surface area contributed by atoms with E-state index in [2.05, 4.69) is 217 Å². The van der Waals surface area contributed by atoms with E-state index in [4.69, 9.17) is 4.74 Å². The first-order valence-corrected chi connectivity index (χ1v) is 21.3. The summed E-state index contributed by atoms with van der Waals surface area (Å²) < 4.78 is 9.46. The second kappa shape index (κ2) is 13.9. The van der Waals surface area contributed by atoms with Crippen LogP contribution in [-0.2, 0) is 5.41 Å². The van der Waals surface area contributed by atoms with Gasteiger partial charge in [0.25, 0.3) is 0 Å². The van der Waals surface area contributed by atoms with Gasteiger partial charge in [-0.05, 0) is 77.9 Å². The van der Waals surface area contributed by atoms with Crippen molar-refractivity contribution in [2.45, 2.75) is 38.8 Å². The standard InChI is InChI=1S/C53H38N2OS2/c1-53(2)40-24-12-13-28-45(40)56-51-41(53)25-16-26-43(51)54(44-27-17-31-48-52(44)58-47-30-15-14-29-46(47)57-48)38-32-33-42-39(34-38)49(35-18-6-3-7-19-35)50(36-20-8-4-9-21-36)55(42)37-22-10-5-11-23-37/h3-34H,1-2H3. The van der Waals surface area contributed by atoms with Gasteiger partial charge >= 0.3 is 0 Å². The maximum Gasteiger partial charge on any atom is 0.155 e. The van der Waals surface area contributed by atoms with Gasteiger partial charge in [-0.1, -0.05) is 165 Å². The summed E-state index contributed by atoms with van der Waals surface area (Å²) in [6.07, 6.45) is 0. The van der Waals surface area contributed by atoms with Gasteiger partial charge in [0.2, 0.25) is 0 Å². The molecule has 0 amide bonds. The van der Waals surface area contributed by atoms with E-state index < -0.39 is 0 Å². The summed E-state index contributed by atoms with van der Waals surface area (Å²) >= 11 is 3.69. The van der Waals surface area contributed by atoms with Gasteiger partial charge in [0, 0.05) is 53.6 Å².